The zero-order valence-corrected chi connectivity index (χ0v) is 17.0. The number of benzene rings is 1. The maximum Gasteiger partial charge on any atom is 0.274 e. The van der Waals surface area contributed by atoms with Crippen molar-refractivity contribution in [2.24, 2.45) is 5.92 Å². The second kappa shape index (κ2) is 7.67. The summed E-state index contributed by atoms with van der Waals surface area (Å²) < 4.78 is 0. The molecule has 0 spiro atoms. The zero-order valence-electron chi connectivity index (χ0n) is 17.0. The molecule has 5 heteroatoms. The quantitative estimate of drug-likeness (QED) is 0.864. The van der Waals surface area contributed by atoms with Crippen molar-refractivity contribution in [3.8, 4) is 0 Å². The molecule has 144 valence electrons. The molecule has 1 atom stereocenters. The molecule has 5 nitrogen and oxygen atoms in total. The average Bonchev–Trinajstić information content (AvgIpc) is 2.61. The maximum absolute atomic E-state index is 12.7. The van der Waals surface area contributed by atoms with Crippen LogP contribution in [-0.4, -0.2) is 29.0 Å². The Labute approximate surface area is 162 Å². The van der Waals surface area contributed by atoms with Crippen LogP contribution in [0.5, 0.6) is 0 Å². The van der Waals surface area contributed by atoms with Gasteiger partial charge in [0, 0.05) is 24.5 Å². The van der Waals surface area contributed by atoms with E-state index >= 15 is 0 Å². The van der Waals surface area contributed by atoms with Crippen molar-refractivity contribution in [2.75, 3.05) is 23.3 Å². The molecule has 1 aromatic heterocycles. The lowest BCUT2D eigenvalue weighted by atomic mass is 9.87. The molecule has 1 unspecified atom stereocenters. The van der Waals surface area contributed by atoms with Gasteiger partial charge in [-0.1, -0.05) is 39.8 Å². The highest BCUT2D eigenvalue weighted by molar-refractivity contribution is 6.03. The van der Waals surface area contributed by atoms with Crippen molar-refractivity contribution < 1.29 is 4.79 Å². The van der Waals surface area contributed by atoms with Crippen LogP contribution in [0.2, 0.25) is 0 Å². The number of aromatic nitrogens is 2. The van der Waals surface area contributed by atoms with Gasteiger partial charge in [-0.25, -0.2) is 9.97 Å². The summed E-state index contributed by atoms with van der Waals surface area (Å²) in [4.78, 5) is 24.0. The van der Waals surface area contributed by atoms with Gasteiger partial charge in [-0.15, -0.1) is 0 Å². The summed E-state index contributed by atoms with van der Waals surface area (Å²) in [5.41, 5.74) is 3.33. The molecule has 1 saturated heterocycles. The number of anilines is 2. The number of nitrogens with zero attached hydrogens (tertiary/aromatic N) is 3. The zero-order chi connectivity index (χ0) is 19.6. The van der Waals surface area contributed by atoms with Crippen LogP contribution in [0.25, 0.3) is 0 Å². The molecule has 0 bridgehead atoms. The van der Waals surface area contributed by atoms with Gasteiger partial charge in [0.25, 0.3) is 5.91 Å². The second-order valence-corrected chi connectivity index (χ2v) is 8.67. The molecular weight excluding hydrogens is 336 g/mol. The number of rotatable bonds is 3. The first kappa shape index (κ1) is 19.3. The van der Waals surface area contributed by atoms with Gasteiger partial charge in [0.05, 0.1) is 0 Å². The minimum Gasteiger partial charge on any atom is -0.341 e. The van der Waals surface area contributed by atoms with Crippen molar-refractivity contribution in [2.45, 2.75) is 52.9 Å². The van der Waals surface area contributed by atoms with Gasteiger partial charge in [0.2, 0.25) is 5.95 Å². The maximum atomic E-state index is 12.7. The van der Waals surface area contributed by atoms with E-state index < -0.39 is 0 Å². The minimum absolute atomic E-state index is 0.0901. The van der Waals surface area contributed by atoms with Crippen molar-refractivity contribution in [1.82, 2.24) is 9.97 Å². The van der Waals surface area contributed by atoms with Crippen LogP contribution in [0.15, 0.2) is 30.3 Å². The monoisotopic (exact) mass is 366 g/mol. The Kier molecular flexibility index (Phi) is 5.49. The van der Waals surface area contributed by atoms with E-state index in [1.54, 1.807) is 6.07 Å². The molecule has 1 amide bonds. The van der Waals surface area contributed by atoms with E-state index in [0.29, 0.717) is 17.6 Å². The largest absolute Gasteiger partial charge is 0.341 e. The number of hydrogen-bond acceptors (Lipinski definition) is 4. The van der Waals surface area contributed by atoms with Crippen LogP contribution in [0, 0.1) is 12.8 Å². The van der Waals surface area contributed by atoms with E-state index in [2.05, 4.69) is 60.0 Å². The highest BCUT2D eigenvalue weighted by atomic mass is 16.1. The summed E-state index contributed by atoms with van der Waals surface area (Å²) in [6, 6.07) is 9.75. The first-order valence-electron chi connectivity index (χ1n) is 9.75. The summed E-state index contributed by atoms with van der Waals surface area (Å²) in [6.45, 7) is 12.6. The van der Waals surface area contributed by atoms with Crippen LogP contribution in [0.4, 0.5) is 11.6 Å². The van der Waals surface area contributed by atoms with Gasteiger partial charge in [-0.2, -0.15) is 0 Å². The van der Waals surface area contributed by atoms with Gasteiger partial charge in [-0.05, 0) is 54.9 Å². The van der Waals surface area contributed by atoms with E-state index in [9.17, 15) is 4.79 Å². The van der Waals surface area contributed by atoms with Crippen LogP contribution >= 0.6 is 0 Å². The molecular formula is C22H30N4O. The standard InChI is InChI=1S/C22H30N4O/c1-15-7-6-12-26(14-15)21-23-16(2)13-19(25-21)20(27)24-18-10-8-17(9-11-18)22(3,4)5/h8-11,13,15H,6-7,12,14H2,1-5H3,(H,24,27). The van der Waals surface area contributed by atoms with Crippen molar-refractivity contribution in [3.05, 3.63) is 47.3 Å². The first-order valence-corrected chi connectivity index (χ1v) is 9.75. The molecule has 27 heavy (non-hydrogen) atoms. The molecule has 2 aromatic rings. The molecule has 1 N–H and O–H groups in total. The van der Waals surface area contributed by atoms with E-state index in [0.717, 1.165) is 30.9 Å². The fraction of sp³-hybridized carbons (Fsp3) is 0.500. The number of aryl methyl sites for hydroxylation is 1. The minimum atomic E-state index is -0.199. The molecule has 0 radical (unpaired) electrons. The molecule has 1 aliphatic heterocycles. The molecule has 2 heterocycles. The summed E-state index contributed by atoms with van der Waals surface area (Å²) in [6.07, 6.45) is 2.38. The number of piperidine rings is 1. The number of carbonyl (C=O) groups excluding carboxylic acids is 1. The molecule has 1 aromatic carbocycles. The highest BCUT2D eigenvalue weighted by Crippen LogP contribution is 2.24. The fourth-order valence-corrected chi connectivity index (χ4v) is 3.43. The van der Waals surface area contributed by atoms with Crippen molar-refractivity contribution >= 4 is 17.5 Å². The lowest BCUT2D eigenvalue weighted by molar-refractivity contribution is 0.102. The van der Waals surface area contributed by atoms with Crippen LogP contribution in [0.1, 0.15) is 62.3 Å². The van der Waals surface area contributed by atoms with Crippen LogP contribution < -0.4 is 10.2 Å². The van der Waals surface area contributed by atoms with Crippen molar-refractivity contribution in [3.63, 3.8) is 0 Å². The third-order valence-electron chi connectivity index (χ3n) is 5.02. The summed E-state index contributed by atoms with van der Waals surface area (Å²) >= 11 is 0. The molecule has 1 fully saturated rings. The van der Waals surface area contributed by atoms with Gasteiger partial charge in [-0.3, -0.25) is 4.79 Å². The Morgan fingerprint density at radius 2 is 1.89 bits per heavy atom. The molecule has 1 aliphatic rings. The van der Waals surface area contributed by atoms with E-state index in [-0.39, 0.29) is 11.3 Å². The lowest BCUT2D eigenvalue weighted by Crippen LogP contribution is -2.36. The van der Waals surface area contributed by atoms with Gasteiger partial charge in [0.15, 0.2) is 0 Å². The van der Waals surface area contributed by atoms with Crippen molar-refractivity contribution in [1.29, 1.82) is 0 Å². The normalized spacial score (nSPS) is 17.7. The fourth-order valence-electron chi connectivity index (χ4n) is 3.43. The Hall–Kier alpha value is -2.43. The average molecular weight is 367 g/mol. The molecule has 3 rings (SSSR count). The molecule has 0 aliphatic carbocycles. The predicted octanol–water partition coefficient (Wildman–Crippen LogP) is 4.57. The number of nitrogens with one attached hydrogen (secondary N) is 1. The Balaban J connectivity index is 1.76. The van der Waals surface area contributed by atoms with E-state index in [4.69, 9.17) is 0 Å². The predicted molar refractivity (Wildman–Crippen MR) is 110 cm³/mol. The number of hydrogen-bond donors (Lipinski definition) is 1. The number of carbonyl (C=O) groups is 1. The third-order valence-corrected chi connectivity index (χ3v) is 5.02. The first-order chi connectivity index (χ1) is 12.7. The van der Waals surface area contributed by atoms with E-state index in [1.165, 1.54) is 12.0 Å². The van der Waals surface area contributed by atoms with Crippen LogP contribution in [-0.2, 0) is 5.41 Å². The van der Waals surface area contributed by atoms with Crippen LogP contribution in [0.3, 0.4) is 0 Å². The smallest absolute Gasteiger partial charge is 0.274 e. The SMILES string of the molecule is Cc1cc(C(=O)Nc2ccc(C(C)(C)C)cc2)nc(N2CCCC(C)C2)n1. The van der Waals surface area contributed by atoms with Gasteiger partial charge < -0.3 is 10.2 Å². The topological polar surface area (TPSA) is 58.1 Å². The summed E-state index contributed by atoms with van der Waals surface area (Å²) in [7, 11) is 0. The van der Waals surface area contributed by atoms with Gasteiger partial charge >= 0.3 is 0 Å². The third kappa shape index (κ3) is 4.85. The lowest BCUT2D eigenvalue weighted by Gasteiger charge is -2.31. The Morgan fingerprint density at radius 1 is 1.19 bits per heavy atom. The number of amides is 1. The Bertz CT molecular complexity index is 808. The van der Waals surface area contributed by atoms with E-state index in [1.807, 2.05) is 19.1 Å². The molecule has 0 saturated carbocycles. The summed E-state index contributed by atoms with van der Waals surface area (Å²) in [5, 5.41) is 2.96. The second-order valence-electron chi connectivity index (χ2n) is 8.67. The highest BCUT2D eigenvalue weighted by Gasteiger charge is 2.21. The summed E-state index contributed by atoms with van der Waals surface area (Å²) in [5.74, 6) is 1.09. The van der Waals surface area contributed by atoms with Gasteiger partial charge in [0.1, 0.15) is 5.69 Å². The Morgan fingerprint density at radius 3 is 2.52 bits per heavy atom.